The SMILES string of the molecule is CC(C)(C)OC(=O)CN(CC(=O)Nc1ccc2cc(C(=O)NO)sc2c1)CC(=O)OC(C)(C)C. The van der Waals surface area contributed by atoms with Crippen LogP contribution in [0.1, 0.15) is 51.2 Å². The summed E-state index contributed by atoms with van der Waals surface area (Å²) in [7, 11) is 0. The highest BCUT2D eigenvalue weighted by Crippen LogP contribution is 2.28. The van der Waals surface area contributed by atoms with E-state index in [0.717, 1.165) is 21.4 Å². The van der Waals surface area contributed by atoms with Crippen molar-refractivity contribution in [1.82, 2.24) is 10.4 Å². The van der Waals surface area contributed by atoms with Crippen LogP contribution >= 0.6 is 11.3 Å². The van der Waals surface area contributed by atoms with Crippen LogP contribution in [0.3, 0.4) is 0 Å². The van der Waals surface area contributed by atoms with E-state index in [-0.39, 0.29) is 19.6 Å². The zero-order chi connectivity index (χ0) is 25.7. The zero-order valence-electron chi connectivity index (χ0n) is 20.2. The van der Waals surface area contributed by atoms with E-state index in [0.29, 0.717) is 10.6 Å². The fraction of sp³-hybridized carbons (Fsp3) is 0.478. The summed E-state index contributed by atoms with van der Waals surface area (Å²) in [6.07, 6.45) is 0. The molecule has 2 amide bonds. The van der Waals surface area contributed by atoms with Crippen LogP contribution in [0, 0.1) is 0 Å². The van der Waals surface area contributed by atoms with E-state index in [1.807, 2.05) is 0 Å². The Morgan fingerprint density at radius 3 is 1.97 bits per heavy atom. The molecule has 1 aromatic carbocycles. The monoisotopic (exact) mass is 493 g/mol. The van der Waals surface area contributed by atoms with Crippen molar-refractivity contribution in [3.63, 3.8) is 0 Å². The normalized spacial score (nSPS) is 11.9. The summed E-state index contributed by atoms with van der Waals surface area (Å²) in [5.41, 5.74) is 0.648. The number of hydrogen-bond acceptors (Lipinski definition) is 9. The van der Waals surface area contributed by atoms with Crippen molar-refractivity contribution in [2.24, 2.45) is 0 Å². The minimum Gasteiger partial charge on any atom is -0.459 e. The average Bonchev–Trinajstić information content (AvgIpc) is 3.07. The molecule has 1 aromatic heterocycles. The van der Waals surface area contributed by atoms with Gasteiger partial charge in [0.25, 0.3) is 5.91 Å². The second kappa shape index (κ2) is 10.9. The Balaban J connectivity index is 2.10. The number of amides is 2. The van der Waals surface area contributed by atoms with Gasteiger partial charge in [-0.1, -0.05) is 6.07 Å². The summed E-state index contributed by atoms with van der Waals surface area (Å²) in [5, 5.41) is 12.3. The summed E-state index contributed by atoms with van der Waals surface area (Å²) in [4.78, 5) is 50.6. The van der Waals surface area contributed by atoms with Gasteiger partial charge in [-0.25, -0.2) is 5.48 Å². The molecule has 0 saturated heterocycles. The number of fused-ring (bicyclic) bond motifs is 1. The van der Waals surface area contributed by atoms with Crippen molar-refractivity contribution in [2.45, 2.75) is 52.7 Å². The lowest BCUT2D eigenvalue weighted by molar-refractivity contribution is -0.159. The highest BCUT2D eigenvalue weighted by atomic mass is 32.1. The maximum atomic E-state index is 12.7. The molecule has 1 heterocycles. The van der Waals surface area contributed by atoms with Gasteiger partial charge in [0.05, 0.1) is 24.5 Å². The van der Waals surface area contributed by atoms with Crippen molar-refractivity contribution >= 4 is 50.9 Å². The maximum Gasteiger partial charge on any atom is 0.320 e. The minimum absolute atomic E-state index is 0.251. The first-order chi connectivity index (χ1) is 15.6. The van der Waals surface area contributed by atoms with E-state index in [9.17, 15) is 19.2 Å². The minimum atomic E-state index is -0.709. The smallest absolute Gasteiger partial charge is 0.320 e. The van der Waals surface area contributed by atoms with Crippen molar-refractivity contribution in [1.29, 1.82) is 0 Å². The highest BCUT2D eigenvalue weighted by Gasteiger charge is 2.25. The molecule has 3 N–H and O–H groups in total. The molecular formula is C23H31N3O7S. The molecule has 0 fully saturated rings. The van der Waals surface area contributed by atoms with E-state index in [4.69, 9.17) is 14.7 Å². The molecule has 0 radical (unpaired) electrons. The van der Waals surface area contributed by atoms with Gasteiger partial charge >= 0.3 is 11.9 Å². The molecule has 11 heteroatoms. The van der Waals surface area contributed by atoms with Gasteiger partial charge in [-0.15, -0.1) is 11.3 Å². The molecule has 34 heavy (non-hydrogen) atoms. The van der Waals surface area contributed by atoms with Crippen molar-refractivity contribution in [2.75, 3.05) is 25.0 Å². The first-order valence-electron chi connectivity index (χ1n) is 10.6. The lowest BCUT2D eigenvalue weighted by Crippen LogP contribution is -2.43. The Morgan fingerprint density at radius 1 is 0.912 bits per heavy atom. The summed E-state index contributed by atoms with van der Waals surface area (Å²) in [6.45, 7) is 9.58. The van der Waals surface area contributed by atoms with Crippen LogP contribution in [0.5, 0.6) is 0 Å². The number of ether oxygens (including phenoxy) is 2. The van der Waals surface area contributed by atoms with Crippen LogP contribution in [0.15, 0.2) is 24.3 Å². The second-order valence-corrected chi connectivity index (χ2v) is 10.8. The predicted molar refractivity (Wildman–Crippen MR) is 128 cm³/mol. The van der Waals surface area contributed by atoms with E-state index in [1.165, 1.54) is 4.90 Å². The first-order valence-corrected chi connectivity index (χ1v) is 11.4. The van der Waals surface area contributed by atoms with Crippen molar-refractivity contribution < 1.29 is 33.9 Å². The Kier molecular flexibility index (Phi) is 8.76. The van der Waals surface area contributed by atoms with Crippen molar-refractivity contribution in [3.05, 3.63) is 29.1 Å². The lowest BCUT2D eigenvalue weighted by atomic mass is 10.2. The fourth-order valence-corrected chi connectivity index (χ4v) is 3.95. The van der Waals surface area contributed by atoms with Crippen LogP contribution in [0.25, 0.3) is 10.1 Å². The molecule has 2 rings (SSSR count). The third-order valence-electron chi connectivity index (χ3n) is 4.04. The molecule has 2 aromatic rings. The molecule has 186 valence electrons. The largest absolute Gasteiger partial charge is 0.459 e. The third-order valence-corrected chi connectivity index (χ3v) is 5.14. The average molecular weight is 494 g/mol. The molecule has 0 atom stereocenters. The summed E-state index contributed by atoms with van der Waals surface area (Å²) >= 11 is 1.16. The first kappa shape index (κ1) is 27.2. The Hall–Kier alpha value is -3.02. The number of nitrogens with one attached hydrogen (secondary N) is 2. The number of rotatable bonds is 8. The lowest BCUT2D eigenvalue weighted by Gasteiger charge is -2.26. The molecular weight excluding hydrogens is 462 g/mol. The van der Waals surface area contributed by atoms with Gasteiger partial charge in [-0.2, -0.15) is 0 Å². The number of benzene rings is 1. The van der Waals surface area contributed by atoms with Crippen LogP contribution < -0.4 is 10.8 Å². The molecule has 0 aliphatic rings. The van der Waals surface area contributed by atoms with Gasteiger partial charge in [0.2, 0.25) is 5.91 Å². The van der Waals surface area contributed by atoms with E-state index in [2.05, 4.69) is 5.32 Å². The number of esters is 2. The number of carbonyl (C=O) groups excluding carboxylic acids is 4. The number of hydrogen-bond donors (Lipinski definition) is 3. The van der Waals surface area contributed by atoms with Crippen molar-refractivity contribution in [3.8, 4) is 0 Å². The maximum absolute atomic E-state index is 12.7. The highest BCUT2D eigenvalue weighted by molar-refractivity contribution is 7.20. The molecule has 0 unspecified atom stereocenters. The molecule has 0 aliphatic carbocycles. The van der Waals surface area contributed by atoms with Gasteiger partial charge in [0, 0.05) is 10.4 Å². The van der Waals surface area contributed by atoms with Crippen LogP contribution in [-0.4, -0.2) is 64.7 Å². The Morgan fingerprint density at radius 2 is 1.47 bits per heavy atom. The predicted octanol–water partition coefficient (Wildman–Crippen LogP) is 2.94. The summed E-state index contributed by atoms with van der Waals surface area (Å²) < 4.78 is 11.4. The number of hydroxylamine groups is 1. The Labute approximate surface area is 202 Å². The molecule has 0 aliphatic heterocycles. The fourth-order valence-electron chi connectivity index (χ4n) is 2.96. The molecule has 10 nitrogen and oxygen atoms in total. The van der Waals surface area contributed by atoms with Gasteiger partial charge in [-0.05, 0) is 65.1 Å². The number of carbonyl (C=O) groups is 4. The van der Waals surface area contributed by atoms with Gasteiger partial charge in [0.1, 0.15) is 11.2 Å². The topological polar surface area (TPSA) is 134 Å². The third kappa shape index (κ3) is 9.08. The second-order valence-electron chi connectivity index (χ2n) is 9.67. The number of thiophene rings is 1. The van der Waals surface area contributed by atoms with Crippen LogP contribution in [0.2, 0.25) is 0 Å². The van der Waals surface area contributed by atoms with Gasteiger partial charge in [0.15, 0.2) is 0 Å². The number of anilines is 1. The molecule has 0 saturated carbocycles. The Bertz CT molecular complexity index is 1040. The van der Waals surface area contributed by atoms with Gasteiger partial charge < -0.3 is 14.8 Å². The van der Waals surface area contributed by atoms with Gasteiger partial charge in [-0.3, -0.25) is 29.3 Å². The van der Waals surface area contributed by atoms with Crippen LogP contribution in [-0.2, 0) is 23.9 Å². The summed E-state index contributed by atoms with van der Waals surface area (Å²) in [6, 6.07) is 6.72. The number of nitrogens with zero attached hydrogens (tertiary/aromatic N) is 1. The quantitative estimate of drug-likeness (QED) is 0.290. The summed E-state index contributed by atoms with van der Waals surface area (Å²) in [5.74, 6) is -2.21. The van der Waals surface area contributed by atoms with E-state index in [1.54, 1.807) is 71.3 Å². The standard InChI is InChI=1S/C23H31N3O7S/c1-22(2,3)32-19(28)12-26(13-20(29)33-23(4,5)6)11-18(27)24-15-8-7-14-9-17(21(30)25-31)34-16(14)10-15/h7-10,31H,11-13H2,1-6H3,(H,24,27)(H,25,30). The van der Waals surface area contributed by atoms with E-state index >= 15 is 0 Å². The zero-order valence-corrected chi connectivity index (χ0v) is 21.0. The van der Waals surface area contributed by atoms with E-state index < -0.39 is 35.0 Å². The molecule has 0 bridgehead atoms. The molecule has 0 spiro atoms. The van der Waals surface area contributed by atoms with Crippen LogP contribution in [0.4, 0.5) is 5.69 Å².